The molecular formula is C13H17N3O. The molecule has 1 aromatic heterocycles. The van der Waals surface area contributed by atoms with Gasteiger partial charge in [0.15, 0.2) is 0 Å². The maximum absolute atomic E-state index is 9.11. The maximum Gasteiger partial charge on any atom is 0.0994 e. The standard InChI is InChI=1S/C13H17N3O/c1-2-10-4-3-5-11(6-10)16-9-15-7-13(16)12(14)8-17/h3-7,9,12,17H,2,8,14H2,1H3. The fraction of sp³-hybridized carbons (Fsp3) is 0.308. The Hall–Kier alpha value is -1.65. The second-order valence-electron chi connectivity index (χ2n) is 4.00. The lowest BCUT2D eigenvalue weighted by Gasteiger charge is -2.13. The number of nitrogens with two attached hydrogens (primary N) is 1. The van der Waals surface area contributed by atoms with E-state index in [0.29, 0.717) is 0 Å². The molecule has 2 rings (SSSR count). The number of hydrogen-bond acceptors (Lipinski definition) is 3. The van der Waals surface area contributed by atoms with Crippen molar-refractivity contribution >= 4 is 0 Å². The number of nitrogens with zero attached hydrogens (tertiary/aromatic N) is 2. The van der Waals surface area contributed by atoms with E-state index in [1.807, 2.05) is 16.7 Å². The van der Waals surface area contributed by atoms with Gasteiger partial charge in [-0.1, -0.05) is 19.1 Å². The molecule has 0 bridgehead atoms. The Bertz CT molecular complexity index is 493. The van der Waals surface area contributed by atoms with Crippen LogP contribution in [-0.4, -0.2) is 21.3 Å². The average Bonchev–Trinajstić information content (AvgIpc) is 2.87. The summed E-state index contributed by atoms with van der Waals surface area (Å²) in [5, 5.41) is 9.11. The number of rotatable bonds is 4. The smallest absolute Gasteiger partial charge is 0.0994 e. The fourth-order valence-electron chi connectivity index (χ4n) is 1.82. The van der Waals surface area contributed by atoms with E-state index < -0.39 is 6.04 Å². The Kier molecular flexibility index (Phi) is 3.56. The first-order chi connectivity index (χ1) is 8.26. The third kappa shape index (κ3) is 2.38. The Balaban J connectivity index is 2.42. The highest BCUT2D eigenvalue weighted by molar-refractivity contribution is 5.38. The van der Waals surface area contributed by atoms with Gasteiger partial charge in [-0.2, -0.15) is 0 Å². The summed E-state index contributed by atoms with van der Waals surface area (Å²) in [6.45, 7) is 2.03. The van der Waals surface area contributed by atoms with Crippen LogP contribution in [0.25, 0.3) is 5.69 Å². The van der Waals surface area contributed by atoms with Gasteiger partial charge in [0, 0.05) is 5.69 Å². The zero-order valence-electron chi connectivity index (χ0n) is 9.87. The minimum Gasteiger partial charge on any atom is -0.394 e. The summed E-state index contributed by atoms with van der Waals surface area (Å²) >= 11 is 0. The van der Waals surface area contributed by atoms with E-state index in [1.54, 1.807) is 12.5 Å². The van der Waals surface area contributed by atoms with Crippen LogP contribution in [0.2, 0.25) is 0 Å². The van der Waals surface area contributed by atoms with Crippen molar-refractivity contribution in [3.05, 3.63) is 48.0 Å². The topological polar surface area (TPSA) is 64.1 Å². The van der Waals surface area contributed by atoms with Crippen molar-refractivity contribution in [1.29, 1.82) is 0 Å². The molecule has 17 heavy (non-hydrogen) atoms. The number of imidazole rings is 1. The van der Waals surface area contributed by atoms with Gasteiger partial charge in [-0.25, -0.2) is 4.98 Å². The van der Waals surface area contributed by atoms with Crippen LogP contribution >= 0.6 is 0 Å². The van der Waals surface area contributed by atoms with E-state index in [2.05, 4.69) is 24.0 Å². The summed E-state index contributed by atoms with van der Waals surface area (Å²) in [7, 11) is 0. The third-order valence-electron chi connectivity index (χ3n) is 2.84. The van der Waals surface area contributed by atoms with Gasteiger partial charge in [0.05, 0.1) is 30.9 Å². The molecule has 0 aliphatic rings. The lowest BCUT2D eigenvalue weighted by molar-refractivity contribution is 0.265. The lowest BCUT2D eigenvalue weighted by Crippen LogP contribution is -2.18. The van der Waals surface area contributed by atoms with E-state index in [9.17, 15) is 0 Å². The number of hydrogen-bond donors (Lipinski definition) is 2. The van der Waals surface area contributed by atoms with Crippen LogP contribution in [0.1, 0.15) is 24.2 Å². The number of aliphatic hydroxyl groups excluding tert-OH is 1. The average molecular weight is 231 g/mol. The van der Waals surface area contributed by atoms with E-state index in [0.717, 1.165) is 17.8 Å². The number of aliphatic hydroxyl groups is 1. The molecule has 1 unspecified atom stereocenters. The zero-order valence-corrected chi connectivity index (χ0v) is 9.87. The molecule has 0 spiro atoms. The highest BCUT2D eigenvalue weighted by atomic mass is 16.3. The van der Waals surface area contributed by atoms with Crippen LogP contribution in [0.4, 0.5) is 0 Å². The zero-order chi connectivity index (χ0) is 12.3. The van der Waals surface area contributed by atoms with Crippen LogP contribution < -0.4 is 5.73 Å². The predicted molar refractivity (Wildman–Crippen MR) is 67.0 cm³/mol. The van der Waals surface area contributed by atoms with Crippen LogP contribution in [0, 0.1) is 0 Å². The Morgan fingerprint density at radius 2 is 2.29 bits per heavy atom. The summed E-state index contributed by atoms with van der Waals surface area (Å²) in [5.74, 6) is 0. The second kappa shape index (κ2) is 5.12. The first-order valence-corrected chi connectivity index (χ1v) is 5.74. The molecule has 0 radical (unpaired) electrons. The minimum atomic E-state index is -0.400. The summed E-state index contributed by atoms with van der Waals surface area (Å²) in [4.78, 5) is 4.09. The van der Waals surface area contributed by atoms with Gasteiger partial charge in [-0.15, -0.1) is 0 Å². The van der Waals surface area contributed by atoms with Crippen molar-refractivity contribution in [2.24, 2.45) is 5.73 Å². The number of aromatic nitrogens is 2. The van der Waals surface area contributed by atoms with Crippen molar-refractivity contribution in [1.82, 2.24) is 9.55 Å². The summed E-state index contributed by atoms with van der Waals surface area (Å²) in [6, 6.07) is 7.82. The Morgan fingerprint density at radius 3 is 3.00 bits per heavy atom. The van der Waals surface area contributed by atoms with E-state index in [1.165, 1.54) is 5.56 Å². The molecule has 4 heteroatoms. The molecule has 0 saturated heterocycles. The van der Waals surface area contributed by atoms with Crippen molar-refractivity contribution in [2.75, 3.05) is 6.61 Å². The lowest BCUT2D eigenvalue weighted by atomic mass is 10.1. The van der Waals surface area contributed by atoms with Crippen LogP contribution in [0.5, 0.6) is 0 Å². The highest BCUT2D eigenvalue weighted by Crippen LogP contribution is 2.17. The van der Waals surface area contributed by atoms with Gasteiger partial charge in [0.1, 0.15) is 0 Å². The first-order valence-electron chi connectivity index (χ1n) is 5.74. The van der Waals surface area contributed by atoms with Crippen molar-refractivity contribution < 1.29 is 5.11 Å². The minimum absolute atomic E-state index is 0.0842. The largest absolute Gasteiger partial charge is 0.394 e. The van der Waals surface area contributed by atoms with Gasteiger partial charge in [0.25, 0.3) is 0 Å². The van der Waals surface area contributed by atoms with Crippen LogP contribution in [-0.2, 0) is 6.42 Å². The maximum atomic E-state index is 9.11. The third-order valence-corrected chi connectivity index (χ3v) is 2.84. The van der Waals surface area contributed by atoms with Gasteiger partial charge in [-0.3, -0.25) is 0 Å². The molecule has 3 N–H and O–H groups in total. The van der Waals surface area contributed by atoms with Crippen LogP contribution in [0.15, 0.2) is 36.8 Å². The van der Waals surface area contributed by atoms with E-state index in [4.69, 9.17) is 10.8 Å². The van der Waals surface area contributed by atoms with Gasteiger partial charge in [-0.05, 0) is 24.1 Å². The SMILES string of the molecule is CCc1cccc(-n2cncc2C(N)CO)c1. The molecule has 90 valence electrons. The molecule has 0 fully saturated rings. The molecule has 1 aromatic carbocycles. The molecule has 2 aromatic rings. The van der Waals surface area contributed by atoms with Gasteiger partial charge >= 0.3 is 0 Å². The quantitative estimate of drug-likeness (QED) is 0.836. The summed E-state index contributed by atoms with van der Waals surface area (Å²) in [6.07, 6.45) is 4.41. The highest BCUT2D eigenvalue weighted by Gasteiger charge is 2.11. The van der Waals surface area contributed by atoms with Crippen molar-refractivity contribution in [3.8, 4) is 5.69 Å². The Labute approximate surface area is 101 Å². The Morgan fingerprint density at radius 1 is 1.47 bits per heavy atom. The van der Waals surface area contributed by atoms with Gasteiger partial charge in [0.2, 0.25) is 0 Å². The molecule has 1 heterocycles. The summed E-state index contributed by atoms with van der Waals surface area (Å²) < 4.78 is 1.92. The molecular weight excluding hydrogens is 214 g/mol. The molecule has 1 atom stereocenters. The monoisotopic (exact) mass is 231 g/mol. The number of benzene rings is 1. The molecule has 4 nitrogen and oxygen atoms in total. The van der Waals surface area contributed by atoms with Crippen LogP contribution in [0.3, 0.4) is 0 Å². The summed E-state index contributed by atoms with van der Waals surface area (Å²) in [5.41, 5.74) is 8.95. The molecule has 0 saturated carbocycles. The van der Waals surface area contributed by atoms with Gasteiger partial charge < -0.3 is 15.4 Å². The molecule has 0 aliphatic heterocycles. The number of aryl methyl sites for hydroxylation is 1. The second-order valence-corrected chi connectivity index (χ2v) is 4.00. The van der Waals surface area contributed by atoms with Crippen molar-refractivity contribution in [3.63, 3.8) is 0 Å². The fourth-order valence-corrected chi connectivity index (χ4v) is 1.82. The molecule has 0 amide bonds. The van der Waals surface area contributed by atoms with Crippen molar-refractivity contribution in [2.45, 2.75) is 19.4 Å². The predicted octanol–water partition coefficient (Wildman–Crippen LogP) is 1.43. The van der Waals surface area contributed by atoms with E-state index >= 15 is 0 Å². The molecule has 0 aliphatic carbocycles. The normalized spacial score (nSPS) is 12.6. The first kappa shape index (κ1) is 11.8. The van der Waals surface area contributed by atoms with E-state index in [-0.39, 0.29) is 6.61 Å².